The van der Waals surface area contributed by atoms with Gasteiger partial charge in [0.15, 0.2) is 0 Å². The zero-order valence-corrected chi connectivity index (χ0v) is 18.2. The van der Waals surface area contributed by atoms with Crippen LogP contribution in [-0.2, 0) is 24.6 Å². The van der Waals surface area contributed by atoms with E-state index in [9.17, 15) is 19.7 Å². The van der Waals surface area contributed by atoms with Crippen molar-refractivity contribution in [2.75, 3.05) is 17.0 Å². The van der Waals surface area contributed by atoms with Crippen LogP contribution in [0.15, 0.2) is 78.9 Å². The van der Waals surface area contributed by atoms with Gasteiger partial charge in [-0.25, -0.2) is 9.86 Å². The van der Waals surface area contributed by atoms with Crippen molar-refractivity contribution in [3.05, 3.63) is 100 Å². The summed E-state index contributed by atoms with van der Waals surface area (Å²) in [5, 5.41) is 15.9. The number of nitrogens with one attached hydrogen (secondary N) is 1. The zero-order valence-electron chi connectivity index (χ0n) is 18.2. The van der Waals surface area contributed by atoms with E-state index in [0.29, 0.717) is 22.5 Å². The number of carbonyl (C=O) groups excluding carboxylic acids is 2. The van der Waals surface area contributed by atoms with Gasteiger partial charge in [-0.1, -0.05) is 48.5 Å². The van der Waals surface area contributed by atoms with Gasteiger partial charge < -0.3 is 10.1 Å². The van der Waals surface area contributed by atoms with Crippen LogP contribution in [0.4, 0.5) is 17.1 Å². The molecule has 1 amide bonds. The van der Waals surface area contributed by atoms with Crippen molar-refractivity contribution < 1.29 is 24.1 Å². The molecule has 9 nitrogen and oxygen atoms in total. The molecular weight excluding hydrogens is 438 g/mol. The molecule has 1 unspecified atom stereocenters. The maximum absolute atomic E-state index is 13.8. The van der Waals surface area contributed by atoms with Crippen LogP contribution in [0.3, 0.4) is 0 Å². The third-order valence-electron chi connectivity index (χ3n) is 6.20. The van der Waals surface area contributed by atoms with Crippen molar-refractivity contribution >= 4 is 28.9 Å². The highest BCUT2D eigenvalue weighted by molar-refractivity contribution is 6.11. The van der Waals surface area contributed by atoms with Gasteiger partial charge >= 0.3 is 5.97 Å². The summed E-state index contributed by atoms with van der Waals surface area (Å²) in [4.78, 5) is 44.3. The number of non-ortho nitro benzene ring substituents is 1. The van der Waals surface area contributed by atoms with Crippen LogP contribution < -0.4 is 10.4 Å². The Balaban J connectivity index is 1.80. The topological polar surface area (TPSA) is 111 Å². The number of amides is 1. The fraction of sp³-hybridized carbons (Fsp3) is 0.200. The molecule has 1 fully saturated rings. The van der Waals surface area contributed by atoms with Gasteiger partial charge in [0, 0.05) is 17.8 Å². The summed E-state index contributed by atoms with van der Waals surface area (Å²) in [6, 6.07) is 21.2. The molecule has 5 rings (SSSR count). The molecule has 2 aliphatic heterocycles. The number of rotatable bonds is 5. The number of para-hydroxylation sites is 2. The Hall–Kier alpha value is -4.24. The van der Waals surface area contributed by atoms with Crippen LogP contribution in [0.5, 0.6) is 0 Å². The third kappa shape index (κ3) is 3.12. The molecule has 0 radical (unpaired) electrons. The normalized spacial score (nSPS) is 23.0. The molecule has 0 aromatic heterocycles. The van der Waals surface area contributed by atoms with Crippen LogP contribution >= 0.6 is 0 Å². The molecule has 34 heavy (non-hydrogen) atoms. The van der Waals surface area contributed by atoms with Gasteiger partial charge in [-0.2, -0.15) is 0 Å². The minimum Gasteiger partial charge on any atom is -0.464 e. The third-order valence-corrected chi connectivity index (χ3v) is 6.20. The van der Waals surface area contributed by atoms with E-state index in [2.05, 4.69) is 5.32 Å². The Labute approximate surface area is 195 Å². The van der Waals surface area contributed by atoms with Crippen molar-refractivity contribution in [1.82, 2.24) is 0 Å². The van der Waals surface area contributed by atoms with Gasteiger partial charge in [0.05, 0.1) is 17.2 Å². The van der Waals surface area contributed by atoms with Gasteiger partial charge in [-0.05, 0) is 36.2 Å². The summed E-state index contributed by atoms with van der Waals surface area (Å²) in [7, 11) is 0. The van der Waals surface area contributed by atoms with Gasteiger partial charge in [-0.15, -0.1) is 0 Å². The molecule has 1 saturated heterocycles. The van der Waals surface area contributed by atoms with Crippen LogP contribution in [-0.4, -0.2) is 29.5 Å². The lowest BCUT2D eigenvalue weighted by Gasteiger charge is -2.33. The standard InChI is InChI=1S/C25H21N3O6/c1-2-33-23(29)22-25(19-13-6-7-14-20(19)26-24(25)30)21(16-9-8-12-18(15-16)28(31)32)27(34-22)17-10-4-3-5-11-17/h3-15,21-22H,2H2,1H3,(H,26,30)/t21-,22+,25?/m1/s1. The molecular formula is C25H21N3O6. The summed E-state index contributed by atoms with van der Waals surface area (Å²) < 4.78 is 5.33. The molecule has 3 aromatic carbocycles. The SMILES string of the molecule is CCOC(=O)[C@@H]1ON(c2ccccc2)[C@H](c2cccc([N+](=O)[O-])c2)C12C(=O)Nc1ccccc12. The molecule has 1 N–H and O–H groups in total. The first-order chi connectivity index (χ1) is 16.5. The molecule has 2 aliphatic rings. The van der Waals surface area contributed by atoms with Crippen molar-refractivity contribution in [3.63, 3.8) is 0 Å². The Morgan fingerprint density at radius 2 is 1.85 bits per heavy atom. The van der Waals surface area contributed by atoms with E-state index in [-0.39, 0.29) is 12.3 Å². The number of ether oxygens (including phenoxy) is 1. The number of hydrogen-bond donors (Lipinski definition) is 1. The second kappa shape index (κ2) is 8.27. The molecule has 0 bridgehead atoms. The van der Waals surface area contributed by atoms with Gasteiger partial charge in [0.25, 0.3) is 5.69 Å². The van der Waals surface area contributed by atoms with E-state index in [4.69, 9.17) is 9.57 Å². The monoisotopic (exact) mass is 459 g/mol. The second-order valence-corrected chi connectivity index (χ2v) is 8.02. The fourth-order valence-corrected chi connectivity index (χ4v) is 4.86. The van der Waals surface area contributed by atoms with Crippen molar-refractivity contribution in [2.45, 2.75) is 24.5 Å². The summed E-state index contributed by atoms with van der Waals surface area (Å²) in [5.74, 6) is -1.13. The van der Waals surface area contributed by atoms with Crippen LogP contribution in [0, 0.1) is 10.1 Å². The molecule has 9 heteroatoms. The van der Waals surface area contributed by atoms with Crippen LogP contribution in [0.1, 0.15) is 24.1 Å². The molecule has 1 spiro atoms. The number of benzene rings is 3. The maximum Gasteiger partial charge on any atom is 0.339 e. The Morgan fingerprint density at radius 3 is 2.59 bits per heavy atom. The number of hydroxylamine groups is 1. The molecule has 0 saturated carbocycles. The first kappa shape index (κ1) is 21.6. The smallest absolute Gasteiger partial charge is 0.339 e. The van der Waals surface area contributed by atoms with Crippen LogP contribution in [0.2, 0.25) is 0 Å². The number of hydrogen-bond acceptors (Lipinski definition) is 7. The van der Waals surface area contributed by atoms with E-state index in [1.54, 1.807) is 67.6 Å². The average Bonchev–Trinajstić information content (AvgIpc) is 3.36. The lowest BCUT2D eigenvalue weighted by molar-refractivity contribution is -0.384. The van der Waals surface area contributed by atoms with Crippen LogP contribution in [0.25, 0.3) is 0 Å². The van der Waals surface area contributed by atoms with E-state index < -0.39 is 34.4 Å². The molecule has 0 aliphatic carbocycles. The minimum absolute atomic E-state index is 0.102. The van der Waals surface area contributed by atoms with Crippen molar-refractivity contribution in [1.29, 1.82) is 0 Å². The molecule has 3 aromatic rings. The number of fused-ring (bicyclic) bond motifs is 2. The highest BCUT2D eigenvalue weighted by Crippen LogP contribution is 2.57. The van der Waals surface area contributed by atoms with E-state index in [1.165, 1.54) is 17.2 Å². The quantitative estimate of drug-likeness (QED) is 0.350. The largest absolute Gasteiger partial charge is 0.464 e. The van der Waals surface area contributed by atoms with Gasteiger partial charge in [0.1, 0.15) is 11.5 Å². The number of nitro groups is 1. The van der Waals surface area contributed by atoms with E-state index in [1.807, 2.05) is 6.07 Å². The second-order valence-electron chi connectivity index (χ2n) is 8.02. The maximum atomic E-state index is 13.8. The lowest BCUT2D eigenvalue weighted by atomic mass is 9.69. The minimum atomic E-state index is -1.55. The fourth-order valence-electron chi connectivity index (χ4n) is 4.86. The first-order valence-electron chi connectivity index (χ1n) is 10.8. The number of nitro benzene ring substituents is 1. The molecule has 172 valence electrons. The molecule has 2 heterocycles. The zero-order chi connectivity index (χ0) is 23.9. The van der Waals surface area contributed by atoms with E-state index in [0.717, 1.165) is 0 Å². The van der Waals surface area contributed by atoms with Crippen molar-refractivity contribution in [2.24, 2.45) is 0 Å². The lowest BCUT2D eigenvalue weighted by Crippen LogP contribution is -2.50. The summed E-state index contributed by atoms with van der Waals surface area (Å²) in [6.07, 6.45) is -1.32. The number of nitrogens with zero attached hydrogens (tertiary/aromatic N) is 2. The highest BCUT2D eigenvalue weighted by atomic mass is 16.7. The number of carbonyl (C=O) groups is 2. The Kier molecular flexibility index (Phi) is 5.25. The Morgan fingerprint density at radius 1 is 1.12 bits per heavy atom. The summed E-state index contributed by atoms with van der Waals surface area (Å²) in [6.45, 7) is 1.78. The van der Waals surface area contributed by atoms with E-state index >= 15 is 0 Å². The van der Waals surface area contributed by atoms with Gasteiger partial charge in [-0.3, -0.25) is 19.7 Å². The predicted octanol–water partition coefficient (Wildman–Crippen LogP) is 3.91. The molecule has 3 atom stereocenters. The number of esters is 1. The first-order valence-corrected chi connectivity index (χ1v) is 10.8. The number of anilines is 2. The highest BCUT2D eigenvalue weighted by Gasteiger charge is 2.68. The van der Waals surface area contributed by atoms with Gasteiger partial charge in [0.2, 0.25) is 12.0 Å². The predicted molar refractivity (Wildman–Crippen MR) is 123 cm³/mol. The summed E-state index contributed by atoms with van der Waals surface area (Å²) in [5.41, 5.74) is 0.475. The Bertz CT molecular complexity index is 1280. The summed E-state index contributed by atoms with van der Waals surface area (Å²) >= 11 is 0. The average molecular weight is 459 g/mol. The van der Waals surface area contributed by atoms with Crippen molar-refractivity contribution in [3.8, 4) is 0 Å².